The van der Waals surface area contributed by atoms with Crippen LogP contribution >= 0.6 is 23.2 Å². The number of carbonyl (C=O) groups excluding carboxylic acids is 2. The fourth-order valence-electron chi connectivity index (χ4n) is 1.84. The summed E-state index contributed by atoms with van der Waals surface area (Å²) in [6.45, 7) is 1.40. The van der Waals surface area contributed by atoms with E-state index in [1.165, 1.54) is 18.2 Å². The van der Waals surface area contributed by atoms with Gasteiger partial charge in [-0.25, -0.2) is 4.79 Å². The number of halogens is 2. The lowest BCUT2D eigenvalue weighted by Crippen LogP contribution is -2.21. The standard InChI is InChI=1S/C16H14Cl2N2O3/c1-9-6-11(17)3-5-14(9)20-15(21)8-23-16(22)10-2-4-12(18)13(19)7-10/h2-7H,8,19H2,1H3,(H,20,21). The van der Waals surface area contributed by atoms with Gasteiger partial charge in [0.2, 0.25) is 0 Å². The number of nitrogens with two attached hydrogens (primary N) is 1. The predicted molar refractivity (Wildman–Crippen MR) is 91.0 cm³/mol. The van der Waals surface area contributed by atoms with E-state index < -0.39 is 18.5 Å². The Kier molecular flexibility index (Phi) is 5.47. The molecule has 0 unspecified atom stereocenters. The molecule has 7 heteroatoms. The van der Waals surface area contributed by atoms with Gasteiger partial charge in [-0.05, 0) is 48.9 Å². The van der Waals surface area contributed by atoms with Crippen LogP contribution < -0.4 is 11.1 Å². The molecule has 2 aromatic rings. The fourth-order valence-corrected chi connectivity index (χ4v) is 2.18. The number of anilines is 2. The van der Waals surface area contributed by atoms with E-state index in [0.717, 1.165) is 5.56 Å². The van der Waals surface area contributed by atoms with Crippen LogP contribution in [0.1, 0.15) is 15.9 Å². The van der Waals surface area contributed by atoms with Crippen molar-refractivity contribution in [3.05, 3.63) is 57.6 Å². The zero-order valence-corrected chi connectivity index (χ0v) is 13.7. The zero-order chi connectivity index (χ0) is 17.0. The van der Waals surface area contributed by atoms with Gasteiger partial charge in [0, 0.05) is 10.7 Å². The van der Waals surface area contributed by atoms with Gasteiger partial charge in [-0.15, -0.1) is 0 Å². The Hall–Kier alpha value is -2.24. The van der Waals surface area contributed by atoms with Gasteiger partial charge in [0.25, 0.3) is 5.91 Å². The van der Waals surface area contributed by atoms with E-state index in [0.29, 0.717) is 15.7 Å². The molecule has 0 aliphatic rings. The molecule has 0 saturated heterocycles. The highest BCUT2D eigenvalue weighted by atomic mass is 35.5. The molecular formula is C16H14Cl2N2O3. The van der Waals surface area contributed by atoms with Gasteiger partial charge in [-0.1, -0.05) is 23.2 Å². The molecule has 120 valence electrons. The van der Waals surface area contributed by atoms with Crippen molar-refractivity contribution < 1.29 is 14.3 Å². The zero-order valence-electron chi connectivity index (χ0n) is 12.2. The van der Waals surface area contributed by atoms with E-state index in [4.69, 9.17) is 33.7 Å². The third-order valence-electron chi connectivity index (χ3n) is 3.03. The Labute approximate surface area is 143 Å². The minimum atomic E-state index is -0.656. The van der Waals surface area contributed by atoms with Crippen molar-refractivity contribution in [2.75, 3.05) is 17.7 Å². The third-order valence-corrected chi connectivity index (χ3v) is 3.61. The van der Waals surface area contributed by atoms with Gasteiger partial charge in [0.15, 0.2) is 6.61 Å². The SMILES string of the molecule is Cc1cc(Cl)ccc1NC(=O)COC(=O)c1ccc(Cl)c(N)c1. The number of aryl methyl sites for hydroxylation is 1. The van der Waals surface area contributed by atoms with Gasteiger partial charge >= 0.3 is 5.97 Å². The summed E-state index contributed by atoms with van der Waals surface area (Å²) in [6, 6.07) is 9.42. The minimum absolute atomic E-state index is 0.224. The summed E-state index contributed by atoms with van der Waals surface area (Å²) in [5.74, 6) is -1.11. The van der Waals surface area contributed by atoms with E-state index in [1.54, 1.807) is 18.2 Å². The maximum Gasteiger partial charge on any atom is 0.338 e. The molecule has 0 radical (unpaired) electrons. The first-order valence-electron chi connectivity index (χ1n) is 6.65. The number of rotatable bonds is 4. The number of ether oxygens (including phenoxy) is 1. The van der Waals surface area contributed by atoms with Crippen molar-refractivity contribution >= 4 is 46.5 Å². The lowest BCUT2D eigenvalue weighted by atomic mass is 10.2. The number of hydrogen-bond acceptors (Lipinski definition) is 4. The molecule has 1 amide bonds. The fraction of sp³-hybridized carbons (Fsp3) is 0.125. The third kappa shape index (κ3) is 4.61. The average Bonchev–Trinajstić information content (AvgIpc) is 2.50. The van der Waals surface area contributed by atoms with E-state index >= 15 is 0 Å². The molecule has 0 saturated carbocycles. The lowest BCUT2D eigenvalue weighted by Gasteiger charge is -2.09. The van der Waals surface area contributed by atoms with E-state index in [9.17, 15) is 9.59 Å². The van der Waals surface area contributed by atoms with Crippen LogP contribution in [0.2, 0.25) is 10.0 Å². The molecule has 2 rings (SSSR count). The Morgan fingerprint density at radius 1 is 1.17 bits per heavy atom. The van der Waals surface area contributed by atoms with Crippen LogP contribution in [0.25, 0.3) is 0 Å². The van der Waals surface area contributed by atoms with Crippen molar-refractivity contribution in [1.82, 2.24) is 0 Å². The molecular weight excluding hydrogens is 339 g/mol. The van der Waals surface area contributed by atoms with Crippen LogP contribution in [0, 0.1) is 6.92 Å². The van der Waals surface area contributed by atoms with Crippen molar-refractivity contribution in [2.24, 2.45) is 0 Å². The molecule has 5 nitrogen and oxygen atoms in total. The van der Waals surface area contributed by atoms with Gasteiger partial charge in [0.1, 0.15) is 0 Å². The lowest BCUT2D eigenvalue weighted by molar-refractivity contribution is -0.119. The first-order valence-corrected chi connectivity index (χ1v) is 7.40. The van der Waals surface area contributed by atoms with Crippen LogP contribution in [-0.2, 0) is 9.53 Å². The Morgan fingerprint density at radius 2 is 1.91 bits per heavy atom. The number of benzene rings is 2. The normalized spacial score (nSPS) is 10.2. The molecule has 0 aliphatic heterocycles. The Balaban J connectivity index is 1.93. The summed E-state index contributed by atoms with van der Waals surface area (Å²) >= 11 is 11.6. The molecule has 0 heterocycles. The van der Waals surface area contributed by atoms with Crippen molar-refractivity contribution in [3.8, 4) is 0 Å². The summed E-state index contributed by atoms with van der Waals surface area (Å²) in [5, 5.41) is 3.57. The Morgan fingerprint density at radius 3 is 2.57 bits per heavy atom. The maximum atomic E-state index is 11.9. The van der Waals surface area contributed by atoms with E-state index in [1.807, 2.05) is 6.92 Å². The highest BCUT2D eigenvalue weighted by Gasteiger charge is 2.12. The summed E-state index contributed by atoms with van der Waals surface area (Å²) in [7, 11) is 0. The quantitative estimate of drug-likeness (QED) is 0.649. The van der Waals surface area contributed by atoms with Gasteiger partial charge in [-0.3, -0.25) is 4.79 Å². The van der Waals surface area contributed by atoms with Crippen LogP contribution in [-0.4, -0.2) is 18.5 Å². The number of nitrogens with one attached hydrogen (secondary N) is 1. The predicted octanol–water partition coefficient (Wildman–Crippen LogP) is 3.68. The average molecular weight is 353 g/mol. The number of esters is 1. The van der Waals surface area contributed by atoms with Crippen molar-refractivity contribution in [2.45, 2.75) is 6.92 Å². The number of hydrogen-bond donors (Lipinski definition) is 2. The number of amides is 1. The second kappa shape index (κ2) is 7.35. The molecule has 3 N–H and O–H groups in total. The first kappa shape index (κ1) is 17.1. The highest BCUT2D eigenvalue weighted by Crippen LogP contribution is 2.21. The van der Waals surface area contributed by atoms with Crippen LogP contribution in [0.15, 0.2) is 36.4 Å². The molecule has 23 heavy (non-hydrogen) atoms. The largest absolute Gasteiger partial charge is 0.452 e. The highest BCUT2D eigenvalue weighted by molar-refractivity contribution is 6.33. The van der Waals surface area contributed by atoms with Gasteiger partial charge < -0.3 is 15.8 Å². The number of nitrogen functional groups attached to an aromatic ring is 1. The molecule has 0 spiro atoms. The smallest absolute Gasteiger partial charge is 0.338 e. The molecule has 2 aromatic carbocycles. The first-order chi connectivity index (χ1) is 10.9. The van der Waals surface area contributed by atoms with Crippen LogP contribution in [0.5, 0.6) is 0 Å². The summed E-state index contributed by atoms with van der Waals surface area (Å²) in [5.41, 5.74) is 7.52. The van der Waals surface area contributed by atoms with Gasteiger partial charge in [0.05, 0.1) is 16.3 Å². The molecule has 0 fully saturated rings. The second-order valence-electron chi connectivity index (χ2n) is 4.82. The Bertz CT molecular complexity index is 763. The molecule has 0 aliphatic carbocycles. The van der Waals surface area contributed by atoms with E-state index in [2.05, 4.69) is 5.32 Å². The minimum Gasteiger partial charge on any atom is -0.452 e. The topological polar surface area (TPSA) is 81.4 Å². The van der Waals surface area contributed by atoms with Crippen LogP contribution in [0.3, 0.4) is 0 Å². The molecule has 0 atom stereocenters. The molecule has 0 bridgehead atoms. The molecule has 0 aromatic heterocycles. The van der Waals surface area contributed by atoms with Crippen molar-refractivity contribution in [3.63, 3.8) is 0 Å². The monoisotopic (exact) mass is 352 g/mol. The number of carbonyl (C=O) groups is 2. The van der Waals surface area contributed by atoms with Crippen LogP contribution in [0.4, 0.5) is 11.4 Å². The second-order valence-corrected chi connectivity index (χ2v) is 5.66. The van der Waals surface area contributed by atoms with Gasteiger partial charge in [-0.2, -0.15) is 0 Å². The summed E-state index contributed by atoms with van der Waals surface area (Å²) < 4.78 is 4.94. The summed E-state index contributed by atoms with van der Waals surface area (Å²) in [6.07, 6.45) is 0. The van der Waals surface area contributed by atoms with Crippen molar-refractivity contribution in [1.29, 1.82) is 0 Å². The van der Waals surface area contributed by atoms with E-state index in [-0.39, 0.29) is 11.3 Å². The maximum absolute atomic E-state index is 11.9. The summed E-state index contributed by atoms with van der Waals surface area (Å²) in [4.78, 5) is 23.7.